The van der Waals surface area contributed by atoms with Crippen molar-refractivity contribution in [3.05, 3.63) is 65.7 Å². The van der Waals surface area contributed by atoms with Gasteiger partial charge in [0.15, 0.2) is 15.6 Å². The second-order valence-electron chi connectivity index (χ2n) is 5.58. The maximum atomic E-state index is 12.9. The summed E-state index contributed by atoms with van der Waals surface area (Å²) in [6.07, 6.45) is 0. The van der Waals surface area contributed by atoms with E-state index in [9.17, 15) is 17.6 Å². The van der Waals surface area contributed by atoms with Crippen LogP contribution in [-0.4, -0.2) is 26.6 Å². The first kappa shape index (κ1) is 17.2. The van der Waals surface area contributed by atoms with E-state index in [2.05, 4.69) is 5.32 Å². The number of nitrogens with one attached hydrogen (secondary N) is 1. The second-order valence-corrected chi connectivity index (χ2v) is 7.69. The molecule has 1 heterocycles. The Morgan fingerprint density at radius 2 is 1.80 bits per heavy atom. The predicted octanol–water partition coefficient (Wildman–Crippen LogP) is 3.08. The topological polar surface area (TPSA) is 76.4 Å². The van der Waals surface area contributed by atoms with E-state index < -0.39 is 21.6 Å². The van der Waals surface area contributed by atoms with Gasteiger partial charge in [-0.2, -0.15) is 0 Å². The highest BCUT2D eigenvalue weighted by atomic mass is 32.2. The first-order valence-corrected chi connectivity index (χ1v) is 9.28. The highest BCUT2D eigenvalue weighted by Gasteiger charge is 2.19. The average Bonchev–Trinajstić information content (AvgIpc) is 2.92. The minimum atomic E-state index is -3.60. The van der Waals surface area contributed by atoms with Gasteiger partial charge in [-0.1, -0.05) is 18.2 Å². The number of furan rings is 1. The van der Waals surface area contributed by atoms with Crippen molar-refractivity contribution in [2.45, 2.75) is 11.8 Å². The van der Waals surface area contributed by atoms with Gasteiger partial charge in [0.25, 0.3) is 5.91 Å². The van der Waals surface area contributed by atoms with E-state index in [1.165, 1.54) is 12.1 Å². The van der Waals surface area contributed by atoms with E-state index in [-0.39, 0.29) is 23.0 Å². The molecule has 1 aromatic heterocycles. The van der Waals surface area contributed by atoms with Gasteiger partial charge in [-0.15, -0.1) is 0 Å². The number of benzene rings is 2. The Balaban J connectivity index is 1.67. The molecule has 0 aliphatic rings. The number of aryl methyl sites for hydroxylation is 1. The van der Waals surface area contributed by atoms with Crippen molar-refractivity contribution in [1.29, 1.82) is 0 Å². The van der Waals surface area contributed by atoms with Crippen LogP contribution < -0.4 is 5.32 Å². The summed E-state index contributed by atoms with van der Waals surface area (Å²) >= 11 is 0. The Bertz CT molecular complexity index is 1020. The van der Waals surface area contributed by atoms with Gasteiger partial charge in [-0.05, 0) is 37.3 Å². The molecule has 3 rings (SSSR count). The van der Waals surface area contributed by atoms with E-state index in [4.69, 9.17) is 4.42 Å². The monoisotopic (exact) mass is 361 g/mol. The molecule has 0 fully saturated rings. The fourth-order valence-electron chi connectivity index (χ4n) is 2.53. The summed E-state index contributed by atoms with van der Waals surface area (Å²) in [7, 11) is -3.60. The van der Waals surface area contributed by atoms with E-state index in [1.54, 1.807) is 13.0 Å². The Kier molecular flexibility index (Phi) is 4.59. The lowest BCUT2D eigenvalue weighted by atomic mass is 10.1. The van der Waals surface area contributed by atoms with E-state index in [1.807, 2.05) is 18.2 Å². The Morgan fingerprint density at radius 3 is 2.48 bits per heavy atom. The number of fused-ring (bicyclic) bond motifs is 1. The normalized spacial score (nSPS) is 11.6. The molecule has 0 radical (unpaired) electrons. The lowest BCUT2D eigenvalue weighted by Gasteiger charge is -2.06. The molecule has 0 spiro atoms. The molecular formula is C18H16FNO4S. The first-order valence-electron chi connectivity index (χ1n) is 7.63. The van der Waals surface area contributed by atoms with Crippen LogP contribution in [0.4, 0.5) is 4.39 Å². The van der Waals surface area contributed by atoms with Crippen molar-refractivity contribution in [2.24, 2.45) is 0 Å². The van der Waals surface area contributed by atoms with Crippen LogP contribution in [0.3, 0.4) is 0 Å². The Labute approximate surface area is 144 Å². The molecular weight excluding hydrogens is 345 g/mol. The van der Waals surface area contributed by atoms with Crippen LogP contribution in [0.5, 0.6) is 0 Å². The lowest BCUT2D eigenvalue weighted by Crippen LogP contribution is -2.29. The Hall–Kier alpha value is -2.67. The van der Waals surface area contributed by atoms with Crippen LogP contribution in [0, 0.1) is 12.7 Å². The van der Waals surface area contributed by atoms with Crippen molar-refractivity contribution < 1.29 is 22.0 Å². The summed E-state index contributed by atoms with van der Waals surface area (Å²) in [5.41, 5.74) is 1.30. The zero-order valence-electron chi connectivity index (χ0n) is 13.5. The number of hydrogen-bond acceptors (Lipinski definition) is 4. The molecule has 0 aliphatic carbocycles. The van der Waals surface area contributed by atoms with Crippen LogP contribution >= 0.6 is 0 Å². The average molecular weight is 361 g/mol. The molecule has 1 N–H and O–H groups in total. The van der Waals surface area contributed by atoms with E-state index >= 15 is 0 Å². The fraction of sp³-hybridized carbons (Fsp3) is 0.167. The molecule has 7 heteroatoms. The number of para-hydroxylation sites is 1. The molecule has 0 aliphatic heterocycles. The molecule has 0 saturated heterocycles. The number of carbonyl (C=O) groups excluding carboxylic acids is 1. The largest absolute Gasteiger partial charge is 0.451 e. The molecule has 3 aromatic rings. The maximum absolute atomic E-state index is 12.9. The third-order valence-corrected chi connectivity index (χ3v) is 5.61. The molecule has 0 saturated carbocycles. The number of rotatable bonds is 5. The number of amides is 1. The van der Waals surface area contributed by atoms with E-state index in [0.717, 1.165) is 17.5 Å². The minimum Gasteiger partial charge on any atom is -0.451 e. The van der Waals surface area contributed by atoms with Crippen molar-refractivity contribution in [2.75, 3.05) is 12.3 Å². The molecule has 1 amide bonds. The third kappa shape index (κ3) is 3.56. The van der Waals surface area contributed by atoms with Crippen molar-refractivity contribution in [1.82, 2.24) is 5.32 Å². The summed E-state index contributed by atoms with van der Waals surface area (Å²) < 4.78 is 42.8. The smallest absolute Gasteiger partial charge is 0.287 e. The zero-order chi connectivity index (χ0) is 18.0. The van der Waals surface area contributed by atoms with Crippen LogP contribution in [0.2, 0.25) is 0 Å². The molecule has 0 bridgehead atoms. The van der Waals surface area contributed by atoms with Gasteiger partial charge in [0.1, 0.15) is 11.4 Å². The molecule has 0 unspecified atom stereocenters. The van der Waals surface area contributed by atoms with Gasteiger partial charge in [0.05, 0.1) is 10.6 Å². The number of halogens is 1. The summed E-state index contributed by atoms with van der Waals surface area (Å²) in [5, 5.41) is 3.39. The number of carbonyl (C=O) groups is 1. The molecule has 130 valence electrons. The van der Waals surface area contributed by atoms with Crippen molar-refractivity contribution >= 4 is 26.7 Å². The summed E-state index contributed by atoms with van der Waals surface area (Å²) in [5.74, 6) is -1.10. The SMILES string of the molecule is Cc1c(C(=O)NCCS(=O)(=O)c2ccc(F)cc2)oc2ccccc12. The highest BCUT2D eigenvalue weighted by molar-refractivity contribution is 7.91. The third-order valence-electron chi connectivity index (χ3n) is 3.88. The molecule has 5 nitrogen and oxygen atoms in total. The molecule has 0 atom stereocenters. The van der Waals surface area contributed by atoms with Gasteiger partial charge in [-0.3, -0.25) is 4.79 Å². The van der Waals surface area contributed by atoms with Crippen molar-refractivity contribution in [3.63, 3.8) is 0 Å². The summed E-state index contributed by atoms with van der Waals surface area (Å²) in [6.45, 7) is 1.70. The van der Waals surface area contributed by atoms with E-state index in [0.29, 0.717) is 11.1 Å². The quantitative estimate of drug-likeness (QED) is 0.709. The maximum Gasteiger partial charge on any atom is 0.287 e. The number of sulfone groups is 1. The van der Waals surface area contributed by atoms with Gasteiger partial charge in [0, 0.05) is 17.5 Å². The summed E-state index contributed by atoms with van der Waals surface area (Å²) in [6, 6.07) is 11.9. The molecule has 2 aromatic carbocycles. The van der Waals surface area contributed by atoms with Gasteiger partial charge < -0.3 is 9.73 Å². The standard InChI is InChI=1S/C18H16FNO4S/c1-12-15-4-2-3-5-16(15)24-17(12)18(21)20-10-11-25(22,23)14-8-6-13(19)7-9-14/h2-9H,10-11H2,1H3,(H,20,21). The predicted molar refractivity (Wildman–Crippen MR) is 91.7 cm³/mol. The Morgan fingerprint density at radius 1 is 1.12 bits per heavy atom. The van der Waals surface area contributed by atoms with Gasteiger partial charge in [0.2, 0.25) is 0 Å². The van der Waals surface area contributed by atoms with Crippen LogP contribution in [0.1, 0.15) is 16.1 Å². The molecule has 25 heavy (non-hydrogen) atoms. The first-order chi connectivity index (χ1) is 11.9. The lowest BCUT2D eigenvalue weighted by molar-refractivity contribution is 0.0930. The summed E-state index contributed by atoms with van der Waals surface area (Å²) in [4.78, 5) is 12.3. The van der Waals surface area contributed by atoms with Crippen LogP contribution in [0.25, 0.3) is 11.0 Å². The van der Waals surface area contributed by atoms with Crippen molar-refractivity contribution in [3.8, 4) is 0 Å². The van der Waals surface area contributed by atoms with Gasteiger partial charge in [-0.25, -0.2) is 12.8 Å². The zero-order valence-corrected chi connectivity index (χ0v) is 14.3. The fourth-order valence-corrected chi connectivity index (χ4v) is 3.69. The van der Waals surface area contributed by atoms with Gasteiger partial charge >= 0.3 is 0 Å². The van der Waals surface area contributed by atoms with Crippen LogP contribution in [-0.2, 0) is 9.84 Å². The highest BCUT2D eigenvalue weighted by Crippen LogP contribution is 2.24. The minimum absolute atomic E-state index is 0.0167. The number of hydrogen-bond donors (Lipinski definition) is 1. The van der Waals surface area contributed by atoms with Crippen LogP contribution in [0.15, 0.2) is 57.8 Å². The second kappa shape index (κ2) is 6.68.